The first-order valence-electron chi connectivity index (χ1n) is 7.09. The molecule has 0 aromatic heterocycles. The Kier molecular flexibility index (Phi) is 6.52. The molecular formula is C16H26N2O2. The maximum absolute atomic E-state index is 12.4. The lowest BCUT2D eigenvalue weighted by molar-refractivity contribution is -0.119. The summed E-state index contributed by atoms with van der Waals surface area (Å²) in [5.41, 5.74) is 6.56. The van der Waals surface area contributed by atoms with Crippen molar-refractivity contribution >= 4 is 11.6 Å². The normalized spacial score (nSPS) is 12.3. The summed E-state index contributed by atoms with van der Waals surface area (Å²) in [5.74, 6) is 1.56. The number of para-hydroxylation sites is 2. The van der Waals surface area contributed by atoms with Crippen LogP contribution in [0, 0.1) is 11.8 Å². The maximum atomic E-state index is 12.4. The molecule has 0 bridgehead atoms. The van der Waals surface area contributed by atoms with Crippen molar-refractivity contribution in [3.05, 3.63) is 24.3 Å². The summed E-state index contributed by atoms with van der Waals surface area (Å²) in [5, 5.41) is 0. The highest BCUT2D eigenvalue weighted by molar-refractivity contribution is 5.94. The highest BCUT2D eigenvalue weighted by Gasteiger charge is 2.19. The molecule has 0 aliphatic heterocycles. The number of amides is 1. The van der Waals surface area contributed by atoms with Gasteiger partial charge in [0.2, 0.25) is 5.91 Å². The molecule has 0 heterocycles. The number of nitrogens with two attached hydrogens (primary N) is 1. The fraction of sp³-hybridized carbons (Fsp3) is 0.562. The number of rotatable bonds is 7. The molecule has 0 aliphatic rings. The van der Waals surface area contributed by atoms with E-state index in [9.17, 15) is 4.79 Å². The van der Waals surface area contributed by atoms with E-state index in [4.69, 9.17) is 10.5 Å². The summed E-state index contributed by atoms with van der Waals surface area (Å²) in [6.45, 7) is 4.85. The summed E-state index contributed by atoms with van der Waals surface area (Å²) in [6, 6.07) is 7.53. The van der Waals surface area contributed by atoms with Crippen LogP contribution in [0.1, 0.15) is 26.7 Å². The lowest BCUT2D eigenvalue weighted by Gasteiger charge is -2.23. The minimum absolute atomic E-state index is 0.0746. The smallest absolute Gasteiger partial charge is 0.227 e. The Hall–Kier alpha value is -1.55. The van der Waals surface area contributed by atoms with Crippen molar-refractivity contribution in [1.82, 2.24) is 0 Å². The average Bonchev–Trinajstić information content (AvgIpc) is 2.45. The van der Waals surface area contributed by atoms with E-state index in [-0.39, 0.29) is 11.8 Å². The molecule has 0 radical (unpaired) electrons. The molecule has 2 N–H and O–H groups in total. The lowest BCUT2D eigenvalue weighted by Crippen LogP contribution is -2.31. The van der Waals surface area contributed by atoms with Crippen LogP contribution in [-0.2, 0) is 4.79 Å². The molecular weight excluding hydrogens is 252 g/mol. The van der Waals surface area contributed by atoms with Crippen LogP contribution in [0.25, 0.3) is 0 Å². The summed E-state index contributed by atoms with van der Waals surface area (Å²) in [7, 11) is 3.39. The quantitative estimate of drug-likeness (QED) is 0.834. The zero-order valence-electron chi connectivity index (χ0n) is 12.9. The van der Waals surface area contributed by atoms with Crippen LogP contribution in [-0.4, -0.2) is 26.6 Å². The zero-order valence-corrected chi connectivity index (χ0v) is 12.9. The van der Waals surface area contributed by atoms with Crippen molar-refractivity contribution in [3.8, 4) is 5.75 Å². The molecule has 0 spiro atoms. The first kappa shape index (κ1) is 16.5. The molecule has 4 nitrogen and oxygen atoms in total. The Bertz CT molecular complexity index is 432. The molecule has 20 heavy (non-hydrogen) atoms. The SMILES string of the molecule is COc1ccccc1N(C)C(=O)CC(CN)CC(C)C. The number of nitrogens with zero attached hydrogens (tertiary/aromatic N) is 1. The Morgan fingerprint density at radius 3 is 2.55 bits per heavy atom. The first-order valence-corrected chi connectivity index (χ1v) is 7.09. The van der Waals surface area contributed by atoms with Crippen LogP contribution in [0.3, 0.4) is 0 Å². The number of ether oxygens (including phenoxy) is 1. The van der Waals surface area contributed by atoms with Crippen molar-refractivity contribution in [2.45, 2.75) is 26.7 Å². The molecule has 0 aliphatic carbocycles. The molecule has 1 aromatic rings. The van der Waals surface area contributed by atoms with Crippen LogP contribution < -0.4 is 15.4 Å². The van der Waals surface area contributed by atoms with Gasteiger partial charge in [0.25, 0.3) is 0 Å². The van der Waals surface area contributed by atoms with Crippen LogP contribution in [0.15, 0.2) is 24.3 Å². The van der Waals surface area contributed by atoms with Gasteiger partial charge in [-0.3, -0.25) is 4.79 Å². The molecule has 4 heteroatoms. The molecule has 0 fully saturated rings. The van der Waals surface area contributed by atoms with Crippen molar-refractivity contribution in [2.75, 3.05) is 25.6 Å². The number of carbonyl (C=O) groups excluding carboxylic acids is 1. The van der Waals surface area contributed by atoms with E-state index in [1.54, 1.807) is 19.1 Å². The lowest BCUT2D eigenvalue weighted by atomic mass is 9.94. The Morgan fingerprint density at radius 2 is 2.00 bits per heavy atom. The third-order valence-electron chi connectivity index (χ3n) is 3.42. The number of benzene rings is 1. The number of hydrogen-bond acceptors (Lipinski definition) is 3. The third kappa shape index (κ3) is 4.53. The van der Waals surface area contributed by atoms with Crippen LogP contribution in [0.5, 0.6) is 5.75 Å². The fourth-order valence-corrected chi connectivity index (χ4v) is 2.35. The van der Waals surface area contributed by atoms with Crippen molar-refractivity contribution in [2.24, 2.45) is 17.6 Å². The monoisotopic (exact) mass is 278 g/mol. The van der Waals surface area contributed by atoms with Gasteiger partial charge in [-0.25, -0.2) is 0 Å². The highest BCUT2D eigenvalue weighted by atomic mass is 16.5. The number of hydrogen-bond donors (Lipinski definition) is 1. The van der Waals surface area contributed by atoms with E-state index in [0.29, 0.717) is 24.6 Å². The van der Waals surface area contributed by atoms with Gasteiger partial charge in [-0.15, -0.1) is 0 Å². The van der Waals surface area contributed by atoms with E-state index in [1.807, 2.05) is 24.3 Å². The van der Waals surface area contributed by atoms with E-state index in [2.05, 4.69) is 13.8 Å². The molecule has 1 atom stereocenters. The standard InChI is InChI=1S/C16H26N2O2/c1-12(2)9-13(11-17)10-16(19)18(3)14-7-5-6-8-15(14)20-4/h5-8,12-13H,9-11,17H2,1-4H3. The van der Waals surface area contributed by atoms with Crippen molar-refractivity contribution in [1.29, 1.82) is 0 Å². The molecule has 1 aromatic carbocycles. The average molecular weight is 278 g/mol. The number of carbonyl (C=O) groups is 1. The van der Waals surface area contributed by atoms with Gasteiger partial charge in [-0.2, -0.15) is 0 Å². The summed E-state index contributed by atoms with van der Waals surface area (Å²) < 4.78 is 5.29. The summed E-state index contributed by atoms with van der Waals surface area (Å²) in [4.78, 5) is 14.0. The Balaban J connectivity index is 2.75. The second-order valence-corrected chi connectivity index (χ2v) is 5.56. The second-order valence-electron chi connectivity index (χ2n) is 5.56. The molecule has 0 saturated heterocycles. The van der Waals surface area contributed by atoms with Crippen LogP contribution in [0.4, 0.5) is 5.69 Å². The Morgan fingerprint density at radius 1 is 1.35 bits per heavy atom. The van der Waals surface area contributed by atoms with Crippen molar-refractivity contribution in [3.63, 3.8) is 0 Å². The third-order valence-corrected chi connectivity index (χ3v) is 3.42. The summed E-state index contributed by atoms with van der Waals surface area (Å²) in [6.07, 6.45) is 1.45. The Labute approximate surface area is 121 Å². The number of methoxy groups -OCH3 is 1. The molecule has 1 unspecified atom stereocenters. The van der Waals surface area contributed by atoms with Gasteiger partial charge in [0.15, 0.2) is 0 Å². The van der Waals surface area contributed by atoms with Gasteiger partial charge < -0.3 is 15.4 Å². The van der Waals surface area contributed by atoms with Gasteiger partial charge in [0, 0.05) is 13.5 Å². The first-order chi connectivity index (χ1) is 9.49. The van der Waals surface area contributed by atoms with E-state index < -0.39 is 0 Å². The zero-order chi connectivity index (χ0) is 15.1. The molecule has 1 rings (SSSR count). The number of anilines is 1. The topological polar surface area (TPSA) is 55.6 Å². The largest absolute Gasteiger partial charge is 0.495 e. The minimum Gasteiger partial charge on any atom is -0.495 e. The van der Waals surface area contributed by atoms with Crippen molar-refractivity contribution < 1.29 is 9.53 Å². The van der Waals surface area contributed by atoms with E-state index in [0.717, 1.165) is 12.1 Å². The van der Waals surface area contributed by atoms with Crippen LogP contribution >= 0.6 is 0 Å². The molecule has 1 amide bonds. The highest BCUT2D eigenvalue weighted by Crippen LogP contribution is 2.27. The molecule has 0 saturated carbocycles. The molecule has 112 valence electrons. The fourth-order valence-electron chi connectivity index (χ4n) is 2.35. The predicted octanol–water partition coefficient (Wildman–Crippen LogP) is 2.67. The van der Waals surface area contributed by atoms with Gasteiger partial charge in [-0.05, 0) is 36.9 Å². The van der Waals surface area contributed by atoms with Crippen LogP contribution in [0.2, 0.25) is 0 Å². The van der Waals surface area contributed by atoms with E-state index in [1.165, 1.54) is 0 Å². The maximum Gasteiger partial charge on any atom is 0.227 e. The minimum atomic E-state index is 0.0746. The second kappa shape index (κ2) is 7.90. The van der Waals surface area contributed by atoms with Gasteiger partial charge in [0.1, 0.15) is 5.75 Å². The van der Waals surface area contributed by atoms with Gasteiger partial charge >= 0.3 is 0 Å². The van der Waals surface area contributed by atoms with Gasteiger partial charge in [0.05, 0.1) is 12.8 Å². The predicted molar refractivity (Wildman–Crippen MR) is 83.0 cm³/mol. The summed E-state index contributed by atoms with van der Waals surface area (Å²) >= 11 is 0. The van der Waals surface area contributed by atoms with E-state index >= 15 is 0 Å². The van der Waals surface area contributed by atoms with Gasteiger partial charge in [-0.1, -0.05) is 26.0 Å².